The van der Waals surface area contributed by atoms with E-state index in [1.165, 1.54) is 42.3 Å². The number of rotatable bonds is 4. The first-order valence-corrected chi connectivity index (χ1v) is 18.1. The van der Waals surface area contributed by atoms with Gasteiger partial charge in [0.05, 0.1) is 11.0 Å². The average molecular weight is 673 g/mol. The molecule has 0 unspecified atom stereocenters. The zero-order valence-electron chi connectivity index (χ0n) is 27.4. The number of para-hydroxylation sites is 1. The number of benzene rings is 6. The predicted molar refractivity (Wildman–Crippen MR) is 210 cm³/mol. The van der Waals surface area contributed by atoms with Crippen LogP contribution in [0.2, 0.25) is 0 Å². The van der Waals surface area contributed by atoms with Crippen LogP contribution < -0.4 is 0 Å². The minimum atomic E-state index is 0.608. The molecule has 6 aromatic carbocycles. The lowest BCUT2D eigenvalue weighted by molar-refractivity contribution is 0.669. The number of hydrogen-bond acceptors (Lipinski definition) is 5. The molecule has 10 aromatic rings. The fraction of sp³-hybridized carbons (Fsp3) is 0.0444. The zero-order chi connectivity index (χ0) is 33.5. The van der Waals surface area contributed by atoms with Gasteiger partial charge in [-0.05, 0) is 66.3 Å². The van der Waals surface area contributed by atoms with Crippen molar-refractivity contribution in [3.8, 4) is 39.9 Å². The Morgan fingerprint density at radius 3 is 2.12 bits per heavy atom. The van der Waals surface area contributed by atoms with Crippen molar-refractivity contribution >= 4 is 71.2 Å². The third-order valence-corrected chi connectivity index (χ3v) is 11.4. The molecule has 0 aliphatic heterocycles. The van der Waals surface area contributed by atoms with Gasteiger partial charge in [0.15, 0.2) is 17.5 Å². The van der Waals surface area contributed by atoms with Crippen molar-refractivity contribution in [2.24, 2.45) is 0 Å². The lowest BCUT2D eigenvalue weighted by Gasteiger charge is -2.10. The fourth-order valence-corrected chi connectivity index (χ4v) is 9.17. The Bertz CT molecular complexity index is 2970. The van der Waals surface area contributed by atoms with Crippen LogP contribution in [0.3, 0.4) is 0 Å². The second kappa shape index (κ2) is 11.1. The van der Waals surface area contributed by atoms with Gasteiger partial charge >= 0.3 is 0 Å². The molecular formula is C45H28N4OS. The zero-order valence-corrected chi connectivity index (χ0v) is 28.2. The van der Waals surface area contributed by atoms with Gasteiger partial charge in [-0.15, -0.1) is 11.3 Å². The van der Waals surface area contributed by atoms with Crippen molar-refractivity contribution in [2.75, 3.05) is 0 Å². The first-order valence-electron chi connectivity index (χ1n) is 17.3. The molecule has 51 heavy (non-hydrogen) atoms. The van der Waals surface area contributed by atoms with Crippen molar-refractivity contribution in [3.63, 3.8) is 0 Å². The second-order valence-corrected chi connectivity index (χ2v) is 14.1. The van der Waals surface area contributed by atoms with E-state index in [1.54, 1.807) is 0 Å². The molecule has 240 valence electrons. The molecule has 1 aliphatic carbocycles. The molecule has 0 atom stereocenters. The Hall–Kier alpha value is -6.37. The summed E-state index contributed by atoms with van der Waals surface area (Å²) in [5.41, 5.74) is 9.35. The van der Waals surface area contributed by atoms with Gasteiger partial charge in [-0.2, -0.15) is 0 Å². The second-order valence-electron chi connectivity index (χ2n) is 13.1. The highest BCUT2D eigenvalue weighted by Gasteiger charge is 2.22. The summed E-state index contributed by atoms with van der Waals surface area (Å²) in [7, 11) is 0. The predicted octanol–water partition coefficient (Wildman–Crippen LogP) is 12.0. The largest absolute Gasteiger partial charge is 0.456 e. The normalized spacial score (nSPS) is 12.9. The van der Waals surface area contributed by atoms with Crippen molar-refractivity contribution < 1.29 is 4.42 Å². The minimum absolute atomic E-state index is 0.608. The van der Waals surface area contributed by atoms with E-state index in [1.807, 2.05) is 84.1 Å². The molecule has 0 amide bonds. The van der Waals surface area contributed by atoms with E-state index < -0.39 is 0 Å². The number of nitrogens with zero attached hydrogens (tertiary/aromatic N) is 4. The summed E-state index contributed by atoms with van der Waals surface area (Å²) in [6.07, 6.45) is 6.81. The maximum atomic E-state index is 6.51. The van der Waals surface area contributed by atoms with Gasteiger partial charge in [0.1, 0.15) is 11.2 Å². The van der Waals surface area contributed by atoms with Crippen LogP contribution >= 0.6 is 11.3 Å². The number of allylic oxidation sites excluding steroid dienone is 1. The summed E-state index contributed by atoms with van der Waals surface area (Å²) in [4.78, 5) is 16.5. The highest BCUT2D eigenvalue weighted by molar-refractivity contribution is 7.21. The molecule has 4 heterocycles. The first-order chi connectivity index (χ1) is 25.3. The minimum Gasteiger partial charge on any atom is -0.456 e. The van der Waals surface area contributed by atoms with Crippen LogP contribution in [0.15, 0.2) is 144 Å². The van der Waals surface area contributed by atoms with E-state index >= 15 is 0 Å². The maximum Gasteiger partial charge on any atom is 0.164 e. The van der Waals surface area contributed by atoms with Crippen LogP contribution in [0.1, 0.15) is 16.9 Å². The molecule has 0 saturated heterocycles. The molecule has 6 heteroatoms. The van der Waals surface area contributed by atoms with Gasteiger partial charge in [0, 0.05) is 53.5 Å². The van der Waals surface area contributed by atoms with Gasteiger partial charge in [-0.3, -0.25) is 0 Å². The van der Waals surface area contributed by atoms with Crippen LogP contribution in [-0.2, 0) is 6.42 Å². The quantitative estimate of drug-likeness (QED) is 0.187. The third-order valence-electron chi connectivity index (χ3n) is 10.1. The lowest BCUT2D eigenvalue weighted by atomic mass is 10.00. The summed E-state index contributed by atoms with van der Waals surface area (Å²) >= 11 is 1.92. The van der Waals surface area contributed by atoms with E-state index in [0.29, 0.717) is 17.5 Å². The highest BCUT2D eigenvalue weighted by Crippen LogP contribution is 2.45. The summed E-state index contributed by atoms with van der Waals surface area (Å²) < 4.78 is 10.3. The first kappa shape index (κ1) is 28.5. The molecular weight excluding hydrogens is 645 g/mol. The van der Waals surface area contributed by atoms with Gasteiger partial charge in [-0.25, -0.2) is 15.0 Å². The molecule has 0 fully saturated rings. The van der Waals surface area contributed by atoms with Gasteiger partial charge < -0.3 is 8.98 Å². The smallest absolute Gasteiger partial charge is 0.164 e. The van der Waals surface area contributed by atoms with E-state index in [-0.39, 0.29) is 0 Å². The maximum absolute atomic E-state index is 6.51. The van der Waals surface area contributed by atoms with E-state index in [2.05, 4.69) is 77.4 Å². The van der Waals surface area contributed by atoms with Crippen LogP contribution in [0.5, 0.6) is 0 Å². The number of furan rings is 1. The molecule has 0 bridgehead atoms. The molecule has 1 aliphatic rings. The molecule has 0 radical (unpaired) electrons. The van der Waals surface area contributed by atoms with Crippen LogP contribution in [-0.4, -0.2) is 19.5 Å². The topological polar surface area (TPSA) is 56.7 Å². The Morgan fingerprint density at radius 2 is 1.31 bits per heavy atom. The van der Waals surface area contributed by atoms with Gasteiger partial charge in [0.25, 0.3) is 0 Å². The van der Waals surface area contributed by atoms with Crippen LogP contribution in [0, 0.1) is 0 Å². The Morgan fingerprint density at radius 1 is 0.569 bits per heavy atom. The number of hydrogen-bond donors (Lipinski definition) is 0. The number of aryl methyl sites for hydroxylation is 1. The molecule has 4 aromatic heterocycles. The van der Waals surface area contributed by atoms with E-state index in [4.69, 9.17) is 19.4 Å². The summed E-state index contributed by atoms with van der Waals surface area (Å²) in [5.74, 6) is 1.87. The van der Waals surface area contributed by atoms with Crippen molar-refractivity contribution in [3.05, 3.63) is 150 Å². The highest BCUT2D eigenvalue weighted by atomic mass is 32.1. The van der Waals surface area contributed by atoms with Gasteiger partial charge in [0.2, 0.25) is 0 Å². The molecule has 0 spiro atoms. The molecule has 0 N–H and O–H groups in total. The Balaban J connectivity index is 1.16. The SMILES string of the molecule is C1=Cc2sc3c(ccc4c3c3ccccc3n4-c3ccc4oc5cccc(-c6nc(-c7ccccc7)nc(-c7ccccc7)n6)c5c4c3)c2CC1. The van der Waals surface area contributed by atoms with E-state index in [0.717, 1.165) is 57.2 Å². The monoisotopic (exact) mass is 672 g/mol. The lowest BCUT2D eigenvalue weighted by Crippen LogP contribution is -2.00. The summed E-state index contributed by atoms with van der Waals surface area (Å²) in [6, 6.07) is 46.3. The molecule has 0 saturated carbocycles. The standard InChI is InChI=1S/C45H28N4OS/c1-3-12-27(13-4-1)43-46-44(28-14-5-2-6-15-28)48-45(47-43)33-18-11-20-38-40(33)34-26-29(22-25-37(34)50-38)49-35-19-9-7-17-32(35)41-36(49)24-23-31-30-16-8-10-21-39(30)51-42(31)41/h1-7,9-15,17-26H,8,16H2. The summed E-state index contributed by atoms with van der Waals surface area (Å²) in [6.45, 7) is 0. The summed E-state index contributed by atoms with van der Waals surface area (Å²) in [5, 5.41) is 5.98. The average Bonchev–Trinajstić information content (AvgIpc) is 3.87. The Labute approximate surface area is 296 Å². The van der Waals surface area contributed by atoms with Crippen LogP contribution in [0.25, 0.3) is 99.8 Å². The van der Waals surface area contributed by atoms with Crippen molar-refractivity contribution in [2.45, 2.75) is 12.8 Å². The van der Waals surface area contributed by atoms with E-state index in [9.17, 15) is 0 Å². The number of aromatic nitrogens is 4. The number of fused-ring (bicyclic) bond motifs is 10. The fourth-order valence-electron chi connectivity index (χ4n) is 7.83. The van der Waals surface area contributed by atoms with Crippen molar-refractivity contribution in [1.82, 2.24) is 19.5 Å². The Kier molecular flexibility index (Phi) is 6.18. The molecule has 11 rings (SSSR count). The molecule has 5 nitrogen and oxygen atoms in total. The van der Waals surface area contributed by atoms with Crippen molar-refractivity contribution in [1.29, 1.82) is 0 Å². The number of thiophene rings is 1. The third kappa shape index (κ3) is 4.36. The van der Waals surface area contributed by atoms with Crippen LogP contribution in [0.4, 0.5) is 0 Å². The van der Waals surface area contributed by atoms with Gasteiger partial charge in [-0.1, -0.05) is 103 Å².